The van der Waals surface area contributed by atoms with Crippen LogP contribution in [0.3, 0.4) is 0 Å². The number of nitrogens with one attached hydrogen (secondary N) is 1. The molecule has 0 saturated carbocycles. The second-order valence-electron chi connectivity index (χ2n) is 7.94. The maximum Gasteiger partial charge on any atom is 0.295 e. The van der Waals surface area contributed by atoms with E-state index < -0.39 is 28.4 Å². The second-order valence-corrected chi connectivity index (χ2v) is 8.86. The number of halogens is 1. The predicted molar refractivity (Wildman–Crippen MR) is 120 cm³/mol. The van der Waals surface area contributed by atoms with E-state index in [0.29, 0.717) is 25.3 Å². The van der Waals surface area contributed by atoms with E-state index >= 15 is 0 Å². The number of nitrogens with zero attached hydrogens (tertiary/aromatic N) is 2. The average Bonchev–Trinajstić information content (AvgIpc) is 3.08. The van der Waals surface area contributed by atoms with E-state index in [9.17, 15) is 24.8 Å². The molecule has 1 unspecified atom stereocenters. The number of hydrogen-bond acceptors (Lipinski definition) is 6. The largest absolute Gasteiger partial charge is 0.872 e. The molecule has 2 aromatic carbocycles. The Labute approximate surface area is 198 Å². The molecule has 1 N–H and O–H groups in total. The molecule has 0 radical (unpaired) electrons. The van der Waals surface area contributed by atoms with E-state index in [0.717, 1.165) is 17.6 Å². The van der Waals surface area contributed by atoms with Gasteiger partial charge < -0.3 is 19.6 Å². The number of nitro benzene ring substituents is 1. The Morgan fingerprint density at radius 1 is 1.15 bits per heavy atom. The number of carbonyl (C=O) groups is 2. The Kier molecular flexibility index (Phi) is 6.87. The second kappa shape index (κ2) is 9.82. The third-order valence-electron chi connectivity index (χ3n) is 5.94. The quantitative estimate of drug-likeness (QED) is 0.197. The fraction of sp³-hybridized carbons (Fsp3) is 0.304. The maximum absolute atomic E-state index is 13.4. The molecule has 1 amide bonds. The minimum absolute atomic E-state index is 0.173. The monoisotopic (exact) mass is 515 g/mol. The summed E-state index contributed by atoms with van der Waals surface area (Å²) in [6.45, 7) is 3.63. The van der Waals surface area contributed by atoms with E-state index in [4.69, 9.17) is 4.74 Å². The highest BCUT2D eigenvalue weighted by Crippen LogP contribution is 2.39. The van der Waals surface area contributed by atoms with Gasteiger partial charge >= 0.3 is 0 Å². The van der Waals surface area contributed by atoms with Gasteiger partial charge in [-0.05, 0) is 23.3 Å². The van der Waals surface area contributed by atoms with Crippen LogP contribution in [-0.4, -0.2) is 60.9 Å². The molecule has 9 nitrogen and oxygen atoms in total. The van der Waals surface area contributed by atoms with Gasteiger partial charge in [-0.3, -0.25) is 19.7 Å². The standard InChI is InChI=1S/C23H22BrN3O6/c24-17-6-4-15(5-7-17)21(28)19-20(16-2-1-3-18(14-16)27(31)32)26(23(30)22(19)29)9-8-25-10-12-33-13-11-25/h1-7,14,20,28H,8-13H2. The lowest BCUT2D eigenvalue weighted by Gasteiger charge is -2.30. The molecule has 2 aliphatic heterocycles. The van der Waals surface area contributed by atoms with Crippen LogP contribution in [0.15, 0.2) is 58.6 Å². The number of amides is 1. The molecule has 2 aromatic rings. The Morgan fingerprint density at radius 2 is 1.85 bits per heavy atom. The first kappa shape index (κ1) is 23.1. The molecule has 0 bridgehead atoms. The number of non-ortho nitro benzene ring substituents is 1. The van der Waals surface area contributed by atoms with Crippen LogP contribution in [0.2, 0.25) is 0 Å². The number of ether oxygens (including phenoxy) is 1. The highest BCUT2D eigenvalue weighted by Gasteiger charge is 2.44. The lowest BCUT2D eigenvalue weighted by molar-refractivity contribution is -0.907. The summed E-state index contributed by atoms with van der Waals surface area (Å²) in [6, 6.07) is 11.3. The lowest BCUT2D eigenvalue weighted by Crippen LogP contribution is -3.14. The Balaban J connectivity index is 1.77. The number of quaternary nitrogens is 1. The summed E-state index contributed by atoms with van der Waals surface area (Å²) in [5.41, 5.74) is 0.277. The zero-order valence-electron chi connectivity index (χ0n) is 17.7. The van der Waals surface area contributed by atoms with Gasteiger partial charge in [0, 0.05) is 22.2 Å². The molecule has 0 aromatic heterocycles. The lowest BCUT2D eigenvalue weighted by atomic mass is 9.95. The summed E-state index contributed by atoms with van der Waals surface area (Å²) in [6.07, 6.45) is 0. The summed E-state index contributed by atoms with van der Waals surface area (Å²) >= 11 is 3.31. The van der Waals surface area contributed by atoms with Gasteiger partial charge in [0.1, 0.15) is 13.1 Å². The maximum atomic E-state index is 13.4. The van der Waals surface area contributed by atoms with Gasteiger partial charge in [-0.2, -0.15) is 0 Å². The van der Waals surface area contributed by atoms with Gasteiger partial charge in [-0.25, -0.2) is 0 Å². The van der Waals surface area contributed by atoms with Crippen LogP contribution in [0.1, 0.15) is 17.2 Å². The molecule has 0 aliphatic carbocycles. The van der Waals surface area contributed by atoms with Crippen molar-refractivity contribution in [3.8, 4) is 0 Å². The van der Waals surface area contributed by atoms with Crippen molar-refractivity contribution in [1.29, 1.82) is 0 Å². The Bertz CT molecular complexity index is 1110. The van der Waals surface area contributed by atoms with Crippen molar-refractivity contribution in [3.05, 3.63) is 79.8 Å². The molecule has 2 aliphatic rings. The molecule has 2 fully saturated rings. The first-order chi connectivity index (χ1) is 15.9. The number of Topliss-reactive ketones (excluding diaryl/α,β-unsaturated/α-hetero) is 1. The number of morpholine rings is 1. The minimum Gasteiger partial charge on any atom is -0.872 e. The van der Waals surface area contributed by atoms with Crippen LogP contribution in [-0.2, 0) is 14.3 Å². The Hall–Kier alpha value is -3.08. The number of hydrogen-bond donors (Lipinski definition) is 1. The summed E-state index contributed by atoms with van der Waals surface area (Å²) in [5.74, 6) is -2.19. The van der Waals surface area contributed by atoms with Crippen LogP contribution in [0.4, 0.5) is 5.69 Å². The van der Waals surface area contributed by atoms with Gasteiger partial charge in [-0.15, -0.1) is 0 Å². The molecule has 10 heteroatoms. The summed E-state index contributed by atoms with van der Waals surface area (Å²) < 4.78 is 6.14. The van der Waals surface area contributed by atoms with E-state index in [-0.39, 0.29) is 23.4 Å². The molecular weight excluding hydrogens is 494 g/mol. The van der Waals surface area contributed by atoms with Crippen molar-refractivity contribution in [1.82, 2.24) is 4.90 Å². The van der Waals surface area contributed by atoms with Crippen molar-refractivity contribution < 1.29 is 29.3 Å². The highest BCUT2D eigenvalue weighted by molar-refractivity contribution is 9.10. The third kappa shape index (κ3) is 4.82. The van der Waals surface area contributed by atoms with Gasteiger partial charge in [0.05, 0.1) is 37.3 Å². The fourth-order valence-electron chi connectivity index (χ4n) is 4.20. The molecule has 172 valence electrons. The average molecular weight is 516 g/mol. The van der Waals surface area contributed by atoms with E-state index in [1.807, 2.05) is 0 Å². The number of nitro groups is 1. The van der Waals surface area contributed by atoms with Crippen molar-refractivity contribution >= 4 is 39.1 Å². The number of benzene rings is 2. The van der Waals surface area contributed by atoms with Crippen LogP contribution in [0.25, 0.3) is 5.76 Å². The molecule has 2 saturated heterocycles. The summed E-state index contributed by atoms with van der Waals surface area (Å²) in [5, 5.41) is 24.7. The van der Waals surface area contributed by atoms with Gasteiger partial charge in [0.2, 0.25) is 5.78 Å². The van der Waals surface area contributed by atoms with Crippen molar-refractivity contribution in [2.75, 3.05) is 39.4 Å². The fourth-order valence-corrected chi connectivity index (χ4v) is 4.47. The molecule has 0 spiro atoms. The zero-order valence-corrected chi connectivity index (χ0v) is 19.2. The van der Waals surface area contributed by atoms with Crippen LogP contribution < -0.4 is 10.0 Å². The number of ketones is 1. The Morgan fingerprint density at radius 3 is 2.52 bits per heavy atom. The van der Waals surface area contributed by atoms with Crippen molar-refractivity contribution in [2.24, 2.45) is 0 Å². The molecule has 2 heterocycles. The molecule has 33 heavy (non-hydrogen) atoms. The van der Waals surface area contributed by atoms with Gasteiger partial charge in [0.25, 0.3) is 11.6 Å². The molecule has 4 rings (SSSR count). The van der Waals surface area contributed by atoms with Crippen LogP contribution >= 0.6 is 15.9 Å². The number of likely N-dealkylation sites (tertiary alicyclic amines) is 1. The van der Waals surface area contributed by atoms with Crippen molar-refractivity contribution in [2.45, 2.75) is 6.04 Å². The van der Waals surface area contributed by atoms with E-state index in [2.05, 4.69) is 15.9 Å². The zero-order chi connectivity index (χ0) is 23.5. The predicted octanol–water partition coefficient (Wildman–Crippen LogP) is 0.496. The van der Waals surface area contributed by atoms with E-state index in [1.54, 1.807) is 30.3 Å². The molecular formula is C23H22BrN3O6. The number of rotatable bonds is 6. The number of carbonyl (C=O) groups excluding carboxylic acids is 2. The summed E-state index contributed by atoms with van der Waals surface area (Å²) in [7, 11) is 0. The first-order valence-electron chi connectivity index (χ1n) is 10.5. The topological polar surface area (TPSA) is 117 Å². The first-order valence-corrected chi connectivity index (χ1v) is 11.3. The van der Waals surface area contributed by atoms with Crippen LogP contribution in [0, 0.1) is 10.1 Å². The summed E-state index contributed by atoms with van der Waals surface area (Å²) in [4.78, 5) is 39.4. The van der Waals surface area contributed by atoms with Gasteiger partial charge in [0.15, 0.2) is 0 Å². The minimum atomic E-state index is -0.985. The van der Waals surface area contributed by atoms with Crippen molar-refractivity contribution in [3.63, 3.8) is 0 Å². The SMILES string of the molecule is O=C1C(=O)N(CC[NH+]2CCOCC2)C(c2cccc([N+](=O)[O-])c2)C1=C([O-])c1ccc(Br)cc1. The smallest absolute Gasteiger partial charge is 0.295 e. The van der Waals surface area contributed by atoms with Crippen LogP contribution in [0.5, 0.6) is 0 Å². The normalized spacial score (nSPS) is 20.9. The molecule has 1 atom stereocenters. The highest BCUT2D eigenvalue weighted by atomic mass is 79.9. The van der Waals surface area contributed by atoms with E-state index in [1.165, 1.54) is 28.0 Å². The van der Waals surface area contributed by atoms with Gasteiger partial charge in [-0.1, -0.05) is 46.0 Å². The third-order valence-corrected chi connectivity index (χ3v) is 6.47.